The highest BCUT2D eigenvalue weighted by Gasteiger charge is 2.23. The van der Waals surface area contributed by atoms with Crippen molar-refractivity contribution in [3.8, 4) is 0 Å². The first-order valence-corrected chi connectivity index (χ1v) is 13.5. The van der Waals surface area contributed by atoms with E-state index in [-0.39, 0.29) is 43.8 Å². The van der Waals surface area contributed by atoms with Crippen molar-refractivity contribution in [3.05, 3.63) is 0 Å². The molecule has 5 N–H and O–H groups in total. The van der Waals surface area contributed by atoms with Gasteiger partial charge in [-0.2, -0.15) is 0 Å². The number of carboxylic acid groups (broad SMARTS) is 2. The van der Waals surface area contributed by atoms with Crippen molar-refractivity contribution >= 4 is 58.8 Å². The van der Waals surface area contributed by atoms with Crippen molar-refractivity contribution in [3.63, 3.8) is 0 Å². The molecule has 5 amide bonds. The van der Waals surface area contributed by atoms with Gasteiger partial charge in [0.1, 0.15) is 32.0 Å². The van der Waals surface area contributed by atoms with Gasteiger partial charge in [-0.1, -0.05) is 6.92 Å². The zero-order valence-corrected chi connectivity index (χ0v) is 24.3. The Morgan fingerprint density at radius 3 is 1.26 bits per heavy atom. The Hall–Kier alpha value is -4.70. The lowest BCUT2D eigenvalue weighted by atomic mass is 10.1. The number of hydrogen-bond donors (Lipinski definition) is 5. The van der Waals surface area contributed by atoms with Crippen LogP contribution in [0.3, 0.4) is 0 Å². The molecule has 0 saturated heterocycles. The summed E-state index contributed by atoms with van der Waals surface area (Å²) in [6.07, 6.45) is -1.34. The summed E-state index contributed by atoms with van der Waals surface area (Å²) in [6, 6.07) is 0. The largest absolute Gasteiger partial charge is 0.480 e. The molecule has 0 atom stereocenters. The molecule has 0 heterocycles. The van der Waals surface area contributed by atoms with E-state index in [4.69, 9.17) is 10.2 Å². The third-order valence-electron chi connectivity index (χ3n) is 5.63. The Balaban J connectivity index is 4.78. The van der Waals surface area contributed by atoms with E-state index < -0.39 is 99.2 Å². The van der Waals surface area contributed by atoms with Gasteiger partial charge in [0.15, 0.2) is 11.6 Å². The van der Waals surface area contributed by atoms with E-state index >= 15 is 0 Å². The molecular weight excluding hydrogens is 574 g/mol. The van der Waals surface area contributed by atoms with Gasteiger partial charge in [0.05, 0.1) is 13.1 Å². The molecule has 0 rings (SSSR count). The van der Waals surface area contributed by atoms with Gasteiger partial charge in [0.25, 0.3) is 0 Å². The van der Waals surface area contributed by atoms with Gasteiger partial charge in [-0.25, -0.2) is 0 Å². The van der Waals surface area contributed by atoms with Crippen LogP contribution >= 0.6 is 0 Å². The second-order valence-electron chi connectivity index (χ2n) is 9.26. The smallest absolute Gasteiger partial charge is 0.323 e. The standard InChI is InChI=1S/C26H39N5O12/c1-3-17(32)6-9-23(38)30(15-25(40)41)13-22(37)29-12-19(34)7-10-24(39)31(16-26(42)43)14-21(36)28-11-18(33)5-8-20(35)27-4-2/h3-16H2,1-2H3,(H,27,35)(H,28,36)(H,29,37)(H,40,41)(H,42,43). The molecule has 0 saturated carbocycles. The van der Waals surface area contributed by atoms with Crippen LogP contribution in [-0.4, -0.2) is 125 Å². The Labute approximate surface area is 247 Å². The van der Waals surface area contributed by atoms with E-state index in [9.17, 15) is 47.9 Å². The van der Waals surface area contributed by atoms with Crippen molar-refractivity contribution in [2.75, 3.05) is 45.8 Å². The number of aliphatic carboxylic acids is 2. The van der Waals surface area contributed by atoms with Crippen molar-refractivity contribution < 1.29 is 58.2 Å². The van der Waals surface area contributed by atoms with Gasteiger partial charge < -0.3 is 36.0 Å². The first kappa shape index (κ1) is 38.3. The summed E-state index contributed by atoms with van der Waals surface area (Å²) in [6.45, 7) is -0.352. The molecule has 0 aromatic heterocycles. The third kappa shape index (κ3) is 19.1. The van der Waals surface area contributed by atoms with Crippen LogP contribution in [0.1, 0.15) is 58.8 Å². The third-order valence-corrected chi connectivity index (χ3v) is 5.63. The van der Waals surface area contributed by atoms with Crippen LogP contribution in [0.15, 0.2) is 0 Å². The maximum atomic E-state index is 12.5. The highest BCUT2D eigenvalue weighted by Crippen LogP contribution is 2.02. The van der Waals surface area contributed by atoms with E-state index in [1.165, 1.54) is 0 Å². The van der Waals surface area contributed by atoms with E-state index in [1.54, 1.807) is 13.8 Å². The summed E-state index contributed by atoms with van der Waals surface area (Å²) < 4.78 is 0. The summed E-state index contributed by atoms with van der Waals surface area (Å²) in [5.74, 6) is -7.76. The van der Waals surface area contributed by atoms with Crippen LogP contribution < -0.4 is 16.0 Å². The Morgan fingerprint density at radius 2 is 0.884 bits per heavy atom. The summed E-state index contributed by atoms with van der Waals surface area (Å²) >= 11 is 0. The fraction of sp³-hybridized carbons (Fsp3) is 0.615. The Morgan fingerprint density at radius 1 is 0.488 bits per heavy atom. The van der Waals surface area contributed by atoms with Crippen LogP contribution in [0.25, 0.3) is 0 Å². The number of hydrogen-bond acceptors (Lipinski definition) is 10. The van der Waals surface area contributed by atoms with Gasteiger partial charge in [-0.05, 0) is 6.92 Å². The van der Waals surface area contributed by atoms with Crippen molar-refractivity contribution in [2.45, 2.75) is 58.8 Å². The molecule has 0 aliphatic rings. The SMILES string of the molecule is CCNC(=O)CCC(=O)CNC(=O)CN(CC(=O)O)C(=O)CCC(=O)CNC(=O)CN(CC(=O)O)C(=O)CCC(=O)CC. The number of rotatable bonds is 23. The van der Waals surface area contributed by atoms with Crippen LogP contribution in [0.4, 0.5) is 0 Å². The number of nitrogens with zero attached hydrogens (tertiary/aromatic N) is 2. The van der Waals surface area contributed by atoms with Crippen LogP contribution in [0.5, 0.6) is 0 Å². The fourth-order valence-corrected chi connectivity index (χ4v) is 3.34. The van der Waals surface area contributed by atoms with Gasteiger partial charge >= 0.3 is 11.9 Å². The molecule has 0 unspecified atom stereocenters. The summed E-state index contributed by atoms with van der Waals surface area (Å²) in [5, 5.41) is 25.0. The van der Waals surface area contributed by atoms with Gasteiger partial charge in [-0.15, -0.1) is 0 Å². The molecule has 0 aromatic carbocycles. The van der Waals surface area contributed by atoms with E-state index in [0.29, 0.717) is 11.4 Å². The predicted molar refractivity (Wildman–Crippen MR) is 146 cm³/mol. The van der Waals surface area contributed by atoms with Crippen molar-refractivity contribution in [2.24, 2.45) is 0 Å². The minimum atomic E-state index is -1.43. The number of Topliss-reactive ketones (excluding diaryl/α,β-unsaturated/α-hetero) is 3. The average molecular weight is 614 g/mol. The second kappa shape index (κ2) is 21.1. The number of carbonyl (C=O) groups is 10. The first-order chi connectivity index (χ1) is 20.2. The molecule has 0 spiro atoms. The summed E-state index contributed by atoms with van der Waals surface area (Å²) in [4.78, 5) is 120. The van der Waals surface area contributed by atoms with Gasteiger partial charge in [0, 0.05) is 51.5 Å². The van der Waals surface area contributed by atoms with E-state index in [1.807, 2.05) is 0 Å². The molecule has 0 bridgehead atoms. The molecule has 17 nitrogen and oxygen atoms in total. The number of ketones is 3. The minimum Gasteiger partial charge on any atom is -0.480 e. The predicted octanol–water partition coefficient (Wildman–Crippen LogP) is -2.36. The normalized spacial score (nSPS) is 10.2. The van der Waals surface area contributed by atoms with Gasteiger partial charge in [-0.3, -0.25) is 47.9 Å². The molecular formula is C26H39N5O12. The van der Waals surface area contributed by atoms with E-state index in [2.05, 4.69) is 16.0 Å². The molecule has 240 valence electrons. The van der Waals surface area contributed by atoms with Crippen molar-refractivity contribution in [1.29, 1.82) is 0 Å². The lowest BCUT2D eigenvalue weighted by Crippen LogP contribution is -2.45. The zero-order valence-electron chi connectivity index (χ0n) is 24.3. The zero-order chi connectivity index (χ0) is 32.9. The Bertz CT molecular complexity index is 1070. The molecule has 43 heavy (non-hydrogen) atoms. The van der Waals surface area contributed by atoms with Crippen LogP contribution in [0.2, 0.25) is 0 Å². The molecule has 0 fully saturated rings. The lowest BCUT2D eigenvalue weighted by molar-refractivity contribution is -0.146. The highest BCUT2D eigenvalue weighted by atomic mass is 16.4. The molecule has 0 aliphatic carbocycles. The lowest BCUT2D eigenvalue weighted by Gasteiger charge is -2.20. The number of nitrogens with one attached hydrogen (secondary N) is 3. The number of carboxylic acids is 2. The number of carbonyl (C=O) groups excluding carboxylic acids is 8. The number of amides is 5. The monoisotopic (exact) mass is 613 g/mol. The highest BCUT2D eigenvalue weighted by molar-refractivity contribution is 5.94. The van der Waals surface area contributed by atoms with Crippen molar-refractivity contribution in [1.82, 2.24) is 25.8 Å². The summed E-state index contributed by atoms with van der Waals surface area (Å²) in [7, 11) is 0. The first-order valence-electron chi connectivity index (χ1n) is 13.5. The summed E-state index contributed by atoms with van der Waals surface area (Å²) in [5.41, 5.74) is 0. The van der Waals surface area contributed by atoms with Crippen LogP contribution in [0, 0.1) is 0 Å². The molecule has 17 heteroatoms. The maximum Gasteiger partial charge on any atom is 0.323 e. The van der Waals surface area contributed by atoms with Gasteiger partial charge in [0.2, 0.25) is 29.5 Å². The van der Waals surface area contributed by atoms with E-state index in [0.717, 1.165) is 4.90 Å². The molecule has 0 aliphatic heterocycles. The maximum absolute atomic E-state index is 12.5. The fourth-order valence-electron chi connectivity index (χ4n) is 3.34. The topological polar surface area (TPSA) is 254 Å². The quantitative estimate of drug-likeness (QED) is 0.0811. The second-order valence-corrected chi connectivity index (χ2v) is 9.26. The molecule has 0 radical (unpaired) electrons. The molecule has 0 aromatic rings. The minimum absolute atomic E-state index is 0.0689. The van der Waals surface area contributed by atoms with Crippen LogP contribution in [-0.2, 0) is 47.9 Å². The average Bonchev–Trinajstić information content (AvgIpc) is 2.94. The Kier molecular flexibility index (Phi) is 18.8.